The molecule has 0 aliphatic heterocycles. The van der Waals surface area contributed by atoms with E-state index in [1.54, 1.807) is 6.20 Å². The molecule has 0 unspecified atom stereocenters. The molecule has 0 amide bonds. The van der Waals surface area contributed by atoms with Gasteiger partial charge in [0.15, 0.2) is 5.82 Å². The van der Waals surface area contributed by atoms with Gasteiger partial charge in [-0.3, -0.25) is 9.78 Å². The summed E-state index contributed by atoms with van der Waals surface area (Å²) in [5.41, 5.74) is 3.76. The summed E-state index contributed by atoms with van der Waals surface area (Å²) in [7, 11) is 0. The van der Waals surface area contributed by atoms with E-state index in [2.05, 4.69) is 66.9 Å². The van der Waals surface area contributed by atoms with Crippen LogP contribution in [-0.2, 0) is 13.0 Å². The fourth-order valence-electron chi connectivity index (χ4n) is 4.82. The number of ketones is 1. The number of aryl methyl sites for hydroxylation is 1. The first-order chi connectivity index (χ1) is 17.2. The second-order valence-electron chi connectivity index (χ2n) is 9.24. The molecule has 3 heterocycles. The Kier molecular flexibility index (Phi) is 7.02. The lowest BCUT2D eigenvalue weighted by atomic mass is 9.86. The van der Waals surface area contributed by atoms with Crippen LogP contribution in [0.3, 0.4) is 0 Å². The summed E-state index contributed by atoms with van der Waals surface area (Å²) in [4.78, 5) is 22.0. The van der Waals surface area contributed by atoms with Crippen molar-refractivity contribution in [3.8, 4) is 22.6 Å². The Morgan fingerprint density at radius 1 is 1.11 bits per heavy atom. The van der Waals surface area contributed by atoms with Crippen molar-refractivity contribution in [2.24, 2.45) is 5.92 Å². The van der Waals surface area contributed by atoms with Crippen molar-refractivity contribution < 1.29 is 4.79 Å². The van der Waals surface area contributed by atoms with Crippen LogP contribution in [0.5, 0.6) is 0 Å². The number of hydrogen-bond donors (Lipinski definition) is 1. The van der Waals surface area contributed by atoms with E-state index in [-0.39, 0.29) is 5.78 Å². The fourth-order valence-corrected chi connectivity index (χ4v) is 4.82. The van der Waals surface area contributed by atoms with Gasteiger partial charge >= 0.3 is 0 Å². The zero-order valence-electron chi connectivity index (χ0n) is 20.0. The summed E-state index contributed by atoms with van der Waals surface area (Å²) < 4.78 is 1.89. The van der Waals surface area contributed by atoms with Gasteiger partial charge in [-0.1, -0.05) is 69.4 Å². The van der Waals surface area contributed by atoms with Gasteiger partial charge in [0.25, 0.3) is 0 Å². The van der Waals surface area contributed by atoms with Crippen LogP contribution < -0.4 is 0 Å². The molecule has 1 saturated carbocycles. The van der Waals surface area contributed by atoms with Gasteiger partial charge in [-0.25, -0.2) is 14.8 Å². The third-order valence-electron chi connectivity index (χ3n) is 6.64. The number of H-pyrrole nitrogens is 1. The second-order valence-corrected chi connectivity index (χ2v) is 9.24. The minimum absolute atomic E-state index is 0.0781. The van der Waals surface area contributed by atoms with Crippen LogP contribution in [0, 0.1) is 5.92 Å². The normalized spacial score (nSPS) is 14.3. The molecule has 0 spiro atoms. The molecule has 9 nitrogen and oxygen atoms in total. The van der Waals surface area contributed by atoms with E-state index in [1.807, 2.05) is 16.8 Å². The minimum Gasteiger partial charge on any atom is -0.291 e. The summed E-state index contributed by atoms with van der Waals surface area (Å²) in [5, 5.41) is 18.7. The van der Waals surface area contributed by atoms with E-state index in [4.69, 9.17) is 0 Å². The highest BCUT2D eigenvalue weighted by molar-refractivity contribution is 5.92. The molecule has 4 aromatic rings. The monoisotopic (exact) mass is 470 g/mol. The fraction of sp³-hybridized carbons (Fsp3) is 0.423. The van der Waals surface area contributed by atoms with Crippen molar-refractivity contribution >= 4 is 5.78 Å². The van der Waals surface area contributed by atoms with Crippen molar-refractivity contribution in [1.29, 1.82) is 0 Å². The molecule has 1 fully saturated rings. The van der Waals surface area contributed by atoms with Gasteiger partial charge in [-0.15, -0.1) is 10.2 Å². The van der Waals surface area contributed by atoms with Gasteiger partial charge in [0.2, 0.25) is 11.6 Å². The number of pyridine rings is 1. The largest absolute Gasteiger partial charge is 0.291 e. The number of carbonyl (C=O) groups is 1. The number of benzene rings is 1. The van der Waals surface area contributed by atoms with Crippen LogP contribution in [0.4, 0.5) is 0 Å². The Labute approximate surface area is 204 Å². The van der Waals surface area contributed by atoms with Crippen molar-refractivity contribution in [2.45, 2.75) is 64.8 Å². The maximum Gasteiger partial charge on any atom is 0.217 e. The maximum atomic E-state index is 12.9. The molecule has 5 rings (SSSR count). The molecule has 0 radical (unpaired) electrons. The Hall–Kier alpha value is -3.75. The van der Waals surface area contributed by atoms with E-state index in [0.29, 0.717) is 36.2 Å². The number of aromatic amines is 1. The molecule has 0 atom stereocenters. The second kappa shape index (κ2) is 10.7. The van der Waals surface area contributed by atoms with Crippen LogP contribution >= 0.6 is 0 Å². The Morgan fingerprint density at radius 3 is 2.69 bits per heavy atom. The van der Waals surface area contributed by atoms with Crippen molar-refractivity contribution in [1.82, 2.24) is 40.4 Å². The maximum absolute atomic E-state index is 12.9. The number of hydrogen-bond acceptors (Lipinski definition) is 7. The Morgan fingerprint density at radius 2 is 1.94 bits per heavy atom. The van der Waals surface area contributed by atoms with Crippen LogP contribution in [0.15, 0.2) is 42.6 Å². The molecule has 0 bridgehead atoms. The Balaban J connectivity index is 1.34. The summed E-state index contributed by atoms with van der Waals surface area (Å²) in [6.45, 7) is 2.69. The number of carbonyl (C=O) groups excluding carboxylic acids is 1. The molecule has 180 valence electrons. The summed E-state index contributed by atoms with van der Waals surface area (Å²) >= 11 is 0. The predicted molar refractivity (Wildman–Crippen MR) is 131 cm³/mol. The molecule has 1 N–H and O–H groups in total. The number of nitrogens with one attached hydrogen (secondary N) is 1. The van der Waals surface area contributed by atoms with Crippen molar-refractivity contribution in [2.75, 3.05) is 0 Å². The summed E-state index contributed by atoms with van der Waals surface area (Å²) in [5.74, 6) is 2.33. The first-order valence-corrected chi connectivity index (χ1v) is 12.5. The molecule has 9 heteroatoms. The third-order valence-corrected chi connectivity index (χ3v) is 6.64. The number of aromatic nitrogens is 8. The summed E-state index contributed by atoms with van der Waals surface area (Å²) in [6.07, 6.45) is 10.1. The summed E-state index contributed by atoms with van der Waals surface area (Å²) in [6, 6.07) is 12.2. The van der Waals surface area contributed by atoms with Gasteiger partial charge in [-0.05, 0) is 40.0 Å². The standard InChI is InChI=1S/C26H30N8O/c1-2-7-23-28-25(22(35)16-18-8-4-3-5-9-18)31-34(23)17-19-11-13-20(14-12-19)21-10-6-15-27-24(21)26-29-32-33-30-26/h6,10-15,18H,2-5,7-9,16-17H2,1H3,(H,29,30,32,33). The molecule has 1 aliphatic carbocycles. The van der Waals surface area contributed by atoms with Crippen LogP contribution in [0.1, 0.15) is 73.9 Å². The molecule has 1 aliphatic rings. The van der Waals surface area contributed by atoms with Gasteiger partial charge in [-0.2, -0.15) is 0 Å². The highest BCUT2D eigenvalue weighted by Gasteiger charge is 2.22. The van der Waals surface area contributed by atoms with Crippen LogP contribution in [0.25, 0.3) is 22.6 Å². The van der Waals surface area contributed by atoms with Gasteiger partial charge in [0.1, 0.15) is 11.5 Å². The number of rotatable bonds is 9. The third kappa shape index (κ3) is 5.34. The smallest absolute Gasteiger partial charge is 0.217 e. The highest BCUT2D eigenvalue weighted by Crippen LogP contribution is 2.29. The molecular weight excluding hydrogens is 440 g/mol. The zero-order valence-corrected chi connectivity index (χ0v) is 20.0. The Bertz CT molecular complexity index is 1260. The van der Waals surface area contributed by atoms with Crippen LogP contribution in [0.2, 0.25) is 0 Å². The van der Waals surface area contributed by atoms with Crippen molar-refractivity contribution in [3.05, 3.63) is 59.8 Å². The lowest BCUT2D eigenvalue weighted by Gasteiger charge is -2.19. The lowest BCUT2D eigenvalue weighted by molar-refractivity contribution is 0.0939. The first kappa shape index (κ1) is 23.0. The first-order valence-electron chi connectivity index (χ1n) is 12.5. The molecule has 3 aromatic heterocycles. The lowest BCUT2D eigenvalue weighted by Crippen LogP contribution is -2.13. The van der Waals surface area contributed by atoms with E-state index in [9.17, 15) is 4.79 Å². The van der Waals surface area contributed by atoms with E-state index >= 15 is 0 Å². The number of tetrazole rings is 1. The average Bonchev–Trinajstić information content (AvgIpc) is 3.56. The SMILES string of the molecule is CCCc1nc(C(=O)CC2CCCCC2)nn1Cc1ccc(-c2cccnc2-c2nnn[nH]2)cc1. The van der Waals surface area contributed by atoms with Crippen molar-refractivity contribution in [3.63, 3.8) is 0 Å². The molecular formula is C26H30N8O. The number of nitrogens with zero attached hydrogens (tertiary/aromatic N) is 7. The quantitative estimate of drug-likeness (QED) is 0.353. The highest BCUT2D eigenvalue weighted by atomic mass is 16.1. The predicted octanol–water partition coefficient (Wildman–Crippen LogP) is 4.67. The molecule has 0 saturated heterocycles. The average molecular weight is 471 g/mol. The number of Topliss-reactive ketones (excluding diaryl/α,β-unsaturated/α-hetero) is 1. The van der Waals surface area contributed by atoms with Gasteiger partial charge in [0, 0.05) is 24.6 Å². The van der Waals surface area contributed by atoms with Gasteiger partial charge < -0.3 is 0 Å². The zero-order chi connectivity index (χ0) is 24.0. The topological polar surface area (TPSA) is 115 Å². The molecule has 1 aromatic carbocycles. The van der Waals surface area contributed by atoms with E-state index in [1.165, 1.54) is 19.3 Å². The van der Waals surface area contributed by atoms with Crippen LogP contribution in [-0.4, -0.2) is 46.2 Å². The van der Waals surface area contributed by atoms with Gasteiger partial charge in [0.05, 0.1) is 6.54 Å². The van der Waals surface area contributed by atoms with E-state index in [0.717, 1.165) is 48.2 Å². The molecule has 35 heavy (non-hydrogen) atoms. The minimum atomic E-state index is 0.0781. The van der Waals surface area contributed by atoms with E-state index < -0.39 is 0 Å².